The summed E-state index contributed by atoms with van der Waals surface area (Å²) in [6.07, 6.45) is 3.38. The summed E-state index contributed by atoms with van der Waals surface area (Å²) in [5, 5.41) is 12.9. The quantitative estimate of drug-likeness (QED) is 0.300. The Bertz CT molecular complexity index is 931. The maximum absolute atomic E-state index is 13.6. The second kappa shape index (κ2) is 12.1. The summed E-state index contributed by atoms with van der Waals surface area (Å²) < 4.78 is 30.3. The molecule has 10 nitrogen and oxygen atoms in total. The minimum absolute atomic E-state index is 0.0241. The van der Waals surface area contributed by atoms with E-state index in [2.05, 4.69) is 10.1 Å². The summed E-state index contributed by atoms with van der Waals surface area (Å²) in [7, 11) is -3.98. The van der Waals surface area contributed by atoms with Crippen LogP contribution in [0.2, 0.25) is 0 Å². The number of hydrogen-bond donors (Lipinski definition) is 3. The van der Waals surface area contributed by atoms with Gasteiger partial charge >= 0.3 is 13.7 Å². The average Bonchev–Trinajstić information content (AvgIpc) is 3.17. The molecule has 0 amide bonds. The Hall–Kier alpha value is -2.04. The monoisotopic (exact) mass is 512 g/mol. The molecule has 1 aromatic carbocycles. The molecule has 34 heavy (non-hydrogen) atoms. The van der Waals surface area contributed by atoms with Crippen LogP contribution in [-0.2, 0) is 18.6 Å². The van der Waals surface area contributed by atoms with Crippen molar-refractivity contribution in [3.63, 3.8) is 0 Å². The van der Waals surface area contributed by atoms with Crippen LogP contribution in [0.3, 0.4) is 0 Å². The molecule has 0 radical (unpaired) electrons. The Balaban J connectivity index is 1.63. The number of carbonyl (C=O) groups is 1. The first kappa shape index (κ1) is 26.6. The smallest absolute Gasteiger partial charge is 0.459 e. The molecule has 0 aromatic heterocycles. The van der Waals surface area contributed by atoms with Gasteiger partial charge in [-0.1, -0.05) is 32.0 Å². The number of ether oxygens (including phenoxy) is 1. The number of esters is 1. The SMILES string of the molecule is CC(C)COC(=O)[C@H](C)NP(=O)(OC[C@H]1S[C@@H](N2C=CC(N)=NC2)C[C@H]1O)Oc1ccccc1. The molecule has 1 aromatic rings. The molecule has 1 fully saturated rings. The predicted octanol–water partition coefficient (Wildman–Crippen LogP) is 2.70. The number of thioether (sulfide) groups is 1. The highest BCUT2D eigenvalue weighted by Gasteiger charge is 2.40. The number of aliphatic imine (C=N–C) groups is 1. The number of hydrogen-bond acceptors (Lipinski definition) is 10. The van der Waals surface area contributed by atoms with E-state index in [1.807, 2.05) is 24.9 Å². The molecule has 0 aliphatic carbocycles. The summed E-state index contributed by atoms with van der Waals surface area (Å²) in [6, 6.07) is 7.64. The molecular formula is C22H33N4O6PS. The molecule has 5 atom stereocenters. The molecule has 188 valence electrons. The van der Waals surface area contributed by atoms with Gasteiger partial charge < -0.3 is 25.0 Å². The fourth-order valence-electron chi connectivity index (χ4n) is 3.24. The zero-order chi connectivity index (χ0) is 24.7. The lowest BCUT2D eigenvalue weighted by Gasteiger charge is -2.27. The van der Waals surface area contributed by atoms with Gasteiger partial charge in [0.05, 0.1) is 29.9 Å². The molecule has 1 unspecified atom stereocenters. The van der Waals surface area contributed by atoms with Gasteiger partial charge in [0.1, 0.15) is 24.3 Å². The van der Waals surface area contributed by atoms with Crippen LogP contribution in [-0.4, -0.2) is 64.5 Å². The van der Waals surface area contributed by atoms with Crippen molar-refractivity contribution in [3.8, 4) is 5.75 Å². The van der Waals surface area contributed by atoms with Crippen molar-refractivity contribution in [2.45, 2.75) is 50.0 Å². The molecular weight excluding hydrogens is 479 g/mol. The van der Waals surface area contributed by atoms with Crippen LogP contribution >= 0.6 is 19.5 Å². The lowest BCUT2D eigenvalue weighted by atomic mass is 10.2. The van der Waals surface area contributed by atoms with Crippen LogP contribution in [0.25, 0.3) is 0 Å². The van der Waals surface area contributed by atoms with E-state index in [0.29, 0.717) is 24.7 Å². The number of rotatable bonds is 11. The van der Waals surface area contributed by atoms with E-state index in [-0.39, 0.29) is 29.8 Å². The molecule has 4 N–H and O–H groups in total. The molecule has 0 bridgehead atoms. The first-order valence-corrected chi connectivity index (χ1v) is 13.6. The van der Waals surface area contributed by atoms with Gasteiger partial charge in [-0.3, -0.25) is 9.32 Å². The third-order valence-corrected chi connectivity index (χ3v) is 8.29. The number of benzene rings is 1. The predicted molar refractivity (Wildman–Crippen MR) is 132 cm³/mol. The van der Waals surface area contributed by atoms with Crippen molar-refractivity contribution >= 4 is 31.3 Å². The van der Waals surface area contributed by atoms with E-state index in [0.717, 1.165) is 0 Å². The van der Waals surface area contributed by atoms with E-state index in [1.54, 1.807) is 36.4 Å². The number of aliphatic hydroxyl groups is 1. The zero-order valence-corrected chi connectivity index (χ0v) is 21.3. The van der Waals surface area contributed by atoms with Gasteiger partial charge in [0.15, 0.2) is 0 Å². The lowest BCUT2D eigenvalue weighted by Crippen LogP contribution is -2.36. The second-order valence-electron chi connectivity index (χ2n) is 8.56. The second-order valence-corrected chi connectivity index (χ2v) is 11.7. The summed E-state index contributed by atoms with van der Waals surface area (Å²) >= 11 is 1.50. The van der Waals surface area contributed by atoms with Crippen LogP contribution in [0, 0.1) is 5.92 Å². The minimum Gasteiger partial charge on any atom is -0.464 e. The van der Waals surface area contributed by atoms with Crippen LogP contribution < -0.4 is 15.3 Å². The molecule has 0 spiro atoms. The fourth-order valence-corrected chi connectivity index (χ4v) is 6.30. The molecule has 2 aliphatic heterocycles. The lowest BCUT2D eigenvalue weighted by molar-refractivity contribution is -0.146. The summed E-state index contributed by atoms with van der Waals surface area (Å²) in [5.74, 6) is 0.407. The van der Waals surface area contributed by atoms with Gasteiger partial charge in [-0.15, -0.1) is 11.8 Å². The number of nitrogens with two attached hydrogens (primary N) is 1. The Labute approximate surface area is 204 Å². The van der Waals surface area contributed by atoms with E-state index in [9.17, 15) is 14.5 Å². The van der Waals surface area contributed by atoms with Crippen molar-refractivity contribution in [1.29, 1.82) is 0 Å². The number of para-hydroxylation sites is 1. The van der Waals surface area contributed by atoms with Crippen LogP contribution in [0.5, 0.6) is 5.75 Å². The third-order valence-electron chi connectivity index (χ3n) is 5.07. The summed E-state index contributed by atoms with van der Waals surface area (Å²) in [6.45, 7) is 6.01. The van der Waals surface area contributed by atoms with Gasteiger partial charge in [-0.05, 0) is 31.1 Å². The Kier molecular flexibility index (Phi) is 9.44. The normalized spacial score (nSPS) is 25.0. The molecule has 2 aliphatic rings. The molecule has 1 saturated heterocycles. The average molecular weight is 513 g/mol. The van der Waals surface area contributed by atoms with Crippen LogP contribution in [0.1, 0.15) is 27.2 Å². The van der Waals surface area contributed by atoms with Crippen LogP contribution in [0.15, 0.2) is 47.6 Å². The highest BCUT2D eigenvalue weighted by atomic mass is 32.2. The minimum atomic E-state index is -3.98. The van der Waals surface area contributed by atoms with Crippen molar-refractivity contribution in [2.24, 2.45) is 16.6 Å². The molecule has 2 heterocycles. The van der Waals surface area contributed by atoms with E-state index in [4.69, 9.17) is 19.5 Å². The van der Waals surface area contributed by atoms with Crippen molar-refractivity contribution in [1.82, 2.24) is 9.99 Å². The van der Waals surface area contributed by atoms with E-state index in [1.165, 1.54) is 18.7 Å². The van der Waals surface area contributed by atoms with Gasteiger partial charge in [-0.2, -0.15) is 5.09 Å². The Morgan fingerprint density at radius 3 is 2.74 bits per heavy atom. The zero-order valence-electron chi connectivity index (χ0n) is 19.6. The Morgan fingerprint density at radius 1 is 1.35 bits per heavy atom. The first-order chi connectivity index (χ1) is 16.1. The van der Waals surface area contributed by atoms with E-state index < -0.39 is 25.9 Å². The first-order valence-electron chi connectivity index (χ1n) is 11.2. The van der Waals surface area contributed by atoms with Gasteiger partial charge in [-0.25, -0.2) is 9.56 Å². The largest absolute Gasteiger partial charge is 0.464 e. The summed E-state index contributed by atoms with van der Waals surface area (Å²) in [5.41, 5.74) is 5.68. The maximum atomic E-state index is 13.6. The van der Waals surface area contributed by atoms with Crippen LogP contribution in [0.4, 0.5) is 0 Å². The standard InChI is InChI=1S/C22H33N4O6PS/c1-15(2)12-30-22(28)16(3)25-33(29,32-17-7-5-4-6-8-17)31-13-19-18(27)11-21(34-19)26-10-9-20(23)24-14-26/h4-10,15-16,18-19,21,27H,11-14H2,1-3H3,(H2,23,24)(H,25,29)/t16-,18+,19+,21+,33?/m0/s1. The highest BCUT2D eigenvalue weighted by molar-refractivity contribution is 8.00. The summed E-state index contributed by atoms with van der Waals surface area (Å²) in [4.78, 5) is 18.5. The maximum Gasteiger partial charge on any atom is 0.459 e. The van der Waals surface area contributed by atoms with Gasteiger partial charge in [0.25, 0.3) is 0 Å². The molecule has 0 saturated carbocycles. The highest BCUT2D eigenvalue weighted by Crippen LogP contribution is 2.47. The Morgan fingerprint density at radius 2 is 2.09 bits per heavy atom. The number of carbonyl (C=O) groups excluding carboxylic acids is 1. The number of aliphatic hydroxyl groups excluding tert-OH is 1. The van der Waals surface area contributed by atoms with Gasteiger partial charge in [0, 0.05) is 12.6 Å². The third kappa shape index (κ3) is 7.74. The van der Waals surface area contributed by atoms with Crippen molar-refractivity contribution < 1.29 is 28.3 Å². The number of nitrogens with one attached hydrogen (secondary N) is 1. The molecule has 3 rings (SSSR count). The number of nitrogens with zero attached hydrogens (tertiary/aromatic N) is 2. The van der Waals surface area contributed by atoms with Crippen molar-refractivity contribution in [2.75, 3.05) is 19.9 Å². The molecule has 12 heteroatoms. The van der Waals surface area contributed by atoms with Crippen molar-refractivity contribution in [3.05, 3.63) is 42.6 Å². The number of amidine groups is 1. The van der Waals surface area contributed by atoms with Gasteiger partial charge in [0.2, 0.25) is 0 Å². The fraction of sp³-hybridized carbons (Fsp3) is 0.545. The topological polar surface area (TPSA) is 136 Å². The van der Waals surface area contributed by atoms with E-state index >= 15 is 0 Å².